The van der Waals surface area contributed by atoms with Crippen LogP contribution in [0, 0.1) is 0 Å². The fourth-order valence-electron chi connectivity index (χ4n) is 4.51. The van der Waals surface area contributed by atoms with Gasteiger partial charge in [0.2, 0.25) is 0 Å². The number of nitrogens with zero attached hydrogens (tertiary/aromatic N) is 3. The molecule has 4 rings (SSSR count). The number of benzene rings is 1. The molecule has 1 aliphatic carbocycles. The van der Waals surface area contributed by atoms with E-state index in [2.05, 4.69) is 27.3 Å². The molecule has 1 aliphatic heterocycles. The number of rotatable bonds is 4. The topological polar surface area (TPSA) is 57.7 Å². The van der Waals surface area contributed by atoms with Gasteiger partial charge in [-0.25, -0.2) is 9.78 Å². The number of alkyl halides is 3. The number of amides is 1. The number of ether oxygens (including phenoxy) is 1. The van der Waals surface area contributed by atoms with Crippen molar-refractivity contribution in [2.75, 3.05) is 37.7 Å². The summed E-state index contributed by atoms with van der Waals surface area (Å²) in [6, 6.07) is 8.91. The minimum absolute atomic E-state index is 0.00575. The van der Waals surface area contributed by atoms with Gasteiger partial charge in [-0.3, -0.25) is 4.90 Å². The highest BCUT2D eigenvalue weighted by Gasteiger charge is 2.39. The zero-order chi connectivity index (χ0) is 22.9. The summed E-state index contributed by atoms with van der Waals surface area (Å²) in [7, 11) is 0. The number of alkyl carbamates (subject to hydrolysis) is 1. The minimum atomic E-state index is -4.48. The van der Waals surface area contributed by atoms with Gasteiger partial charge in [-0.1, -0.05) is 35.9 Å². The SMILES string of the molecule is CCOC(=O)N[C@H]1Cc2ccccc2[C@@H]1N1CCN(c2ncc(C(F)(F)F)cc2Cl)CC1. The molecule has 0 spiro atoms. The molecule has 6 nitrogen and oxygen atoms in total. The predicted molar refractivity (Wildman–Crippen MR) is 115 cm³/mol. The monoisotopic (exact) mass is 468 g/mol. The van der Waals surface area contributed by atoms with Crippen LogP contribution >= 0.6 is 11.6 Å². The lowest BCUT2D eigenvalue weighted by atomic mass is 10.0. The number of anilines is 1. The lowest BCUT2D eigenvalue weighted by Gasteiger charge is -2.41. The van der Waals surface area contributed by atoms with Crippen molar-refractivity contribution >= 4 is 23.5 Å². The van der Waals surface area contributed by atoms with Gasteiger partial charge in [0.1, 0.15) is 5.82 Å². The molecule has 2 atom stereocenters. The fraction of sp³-hybridized carbons (Fsp3) is 0.455. The summed E-state index contributed by atoms with van der Waals surface area (Å²) in [6.07, 6.45) is -3.38. The van der Waals surface area contributed by atoms with E-state index >= 15 is 0 Å². The largest absolute Gasteiger partial charge is 0.450 e. The van der Waals surface area contributed by atoms with Crippen molar-refractivity contribution in [1.29, 1.82) is 0 Å². The standard InChI is InChI=1S/C22H24ClF3N4O2/c1-2-32-21(31)28-18-11-14-5-3-4-6-16(14)19(18)29-7-9-30(10-8-29)20-17(23)12-15(13-27-20)22(24,25)26/h3-6,12-13,18-19H,2,7-11H2,1H3,(H,28,31)/t18-,19-/m0/s1. The minimum Gasteiger partial charge on any atom is -0.450 e. The molecule has 1 aromatic heterocycles. The number of halogens is 4. The lowest BCUT2D eigenvalue weighted by Crippen LogP contribution is -2.52. The zero-order valence-corrected chi connectivity index (χ0v) is 18.3. The third-order valence-electron chi connectivity index (χ3n) is 5.93. The molecule has 1 aromatic carbocycles. The lowest BCUT2D eigenvalue weighted by molar-refractivity contribution is -0.137. The Bertz CT molecular complexity index is 980. The van der Waals surface area contributed by atoms with Crippen LogP contribution in [0.15, 0.2) is 36.5 Å². The predicted octanol–water partition coefficient (Wildman–Crippen LogP) is 4.29. The van der Waals surface area contributed by atoms with Gasteiger partial charge < -0.3 is 15.0 Å². The second kappa shape index (κ2) is 9.15. The maximum Gasteiger partial charge on any atom is 0.417 e. The Morgan fingerprint density at radius 2 is 1.97 bits per heavy atom. The van der Waals surface area contributed by atoms with Crippen LogP contribution in [0.1, 0.15) is 29.7 Å². The number of carbonyl (C=O) groups is 1. The Labute approximate surface area is 189 Å². The van der Waals surface area contributed by atoms with Gasteiger partial charge in [-0.15, -0.1) is 0 Å². The van der Waals surface area contributed by atoms with Crippen molar-refractivity contribution in [1.82, 2.24) is 15.2 Å². The highest BCUT2D eigenvalue weighted by atomic mass is 35.5. The number of carbonyl (C=O) groups excluding carboxylic acids is 1. The molecular weight excluding hydrogens is 445 g/mol. The first-order valence-electron chi connectivity index (χ1n) is 10.5. The molecule has 0 radical (unpaired) electrons. The average molecular weight is 469 g/mol. The Morgan fingerprint density at radius 3 is 2.62 bits per heavy atom. The van der Waals surface area contributed by atoms with E-state index in [9.17, 15) is 18.0 Å². The van der Waals surface area contributed by atoms with Gasteiger partial charge in [0.15, 0.2) is 0 Å². The molecule has 2 aromatic rings. The van der Waals surface area contributed by atoms with Gasteiger partial charge in [-0.05, 0) is 30.5 Å². The maximum absolute atomic E-state index is 12.9. The van der Waals surface area contributed by atoms with E-state index in [0.717, 1.165) is 12.3 Å². The van der Waals surface area contributed by atoms with E-state index in [-0.39, 0.29) is 17.1 Å². The molecule has 0 unspecified atom stereocenters. The average Bonchev–Trinajstić information content (AvgIpc) is 3.11. The Kier molecular flexibility index (Phi) is 6.48. The van der Waals surface area contributed by atoms with Crippen LogP contribution in [0.3, 0.4) is 0 Å². The summed E-state index contributed by atoms with van der Waals surface area (Å²) >= 11 is 6.13. The molecule has 1 saturated heterocycles. The van der Waals surface area contributed by atoms with Crippen molar-refractivity contribution < 1.29 is 22.7 Å². The molecule has 1 N–H and O–H groups in total. The third-order valence-corrected chi connectivity index (χ3v) is 6.21. The number of aromatic nitrogens is 1. The molecule has 172 valence electrons. The van der Waals surface area contributed by atoms with Gasteiger partial charge in [0.05, 0.1) is 29.3 Å². The Balaban J connectivity index is 1.48. The first kappa shape index (κ1) is 22.7. The van der Waals surface area contributed by atoms with Crippen molar-refractivity contribution in [3.63, 3.8) is 0 Å². The van der Waals surface area contributed by atoms with Crippen LogP contribution in [0.2, 0.25) is 5.02 Å². The van der Waals surface area contributed by atoms with E-state index in [4.69, 9.17) is 16.3 Å². The third kappa shape index (κ3) is 4.63. The van der Waals surface area contributed by atoms with Gasteiger partial charge >= 0.3 is 12.3 Å². The summed E-state index contributed by atoms with van der Waals surface area (Å²) in [6.45, 7) is 4.49. The molecule has 2 aliphatic rings. The maximum atomic E-state index is 12.9. The van der Waals surface area contributed by atoms with E-state index in [1.807, 2.05) is 17.0 Å². The smallest absolute Gasteiger partial charge is 0.417 e. The number of hydrogen-bond donors (Lipinski definition) is 1. The Morgan fingerprint density at radius 1 is 1.25 bits per heavy atom. The molecule has 0 saturated carbocycles. The summed E-state index contributed by atoms with van der Waals surface area (Å²) in [4.78, 5) is 20.3. The van der Waals surface area contributed by atoms with Gasteiger partial charge in [0, 0.05) is 32.4 Å². The van der Waals surface area contributed by atoms with Crippen LogP contribution in [0.25, 0.3) is 0 Å². The molecule has 1 amide bonds. The number of nitrogens with one attached hydrogen (secondary N) is 1. The van der Waals surface area contributed by atoms with E-state index < -0.39 is 17.8 Å². The molecule has 32 heavy (non-hydrogen) atoms. The Hall–Kier alpha value is -2.52. The second-order valence-electron chi connectivity index (χ2n) is 7.87. The molecule has 10 heteroatoms. The highest BCUT2D eigenvalue weighted by molar-refractivity contribution is 6.33. The van der Waals surface area contributed by atoms with Crippen molar-refractivity contribution in [3.05, 3.63) is 58.2 Å². The van der Waals surface area contributed by atoms with Gasteiger partial charge in [0.25, 0.3) is 0 Å². The zero-order valence-electron chi connectivity index (χ0n) is 17.5. The van der Waals surface area contributed by atoms with Crippen molar-refractivity contribution in [3.8, 4) is 0 Å². The summed E-state index contributed by atoms with van der Waals surface area (Å²) in [5.41, 5.74) is 1.50. The molecular formula is C22H24ClF3N4O2. The first-order valence-corrected chi connectivity index (χ1v) is 10.9. The van der Waals surface area contributed by atoms with Crippen LogP contribution in [0.4, 0.5) is 23.8 Å². The molecule has 1 fully saturated rings. The summed E-state index contributed by atoms with van der Waals surface area (Å²) in [5, 5.41) is 2.98. The number of fused-ring (bicyclic) bond motifs is 1. The van der Waals surface area contributed by atoms with Crippen LogP contribution in [-0.4, -0.2) is 54.8 Å². The van der Waals surface area contributed by atoms with Crippen molar-refractivity contribution in [2.24, 2.45) is 0 Å². The molecule has 2 heterocycles. The first-order chi connectivity index (χ1) is 15.3. The van der Waals surface area contributed by atoms with Gasteiger partial charge in [-0.2, -0.15) is 13.2 Å². The van der Waals surface area contributed by atoms with Crippen molar-refractivity contribution in [2.45, 2.75) is 31.6 Å². The molecule has 0 bridgehead atoms. The number of pyridine rings is 1. The summed E-state index contributed by atoms with van der Waals surface area (Å²) in [5.74, 6) is 0.354. The van der Waals surface area contributed by atoms with E-state index in [0.29, 0.717) is 45.0 Å². The fourth-order valence-corrected chi connectivity index (χ4v) is 4.80. The highest BCUT2D eigenvalue weighted by Crippen LogP contribution is 2.38. The van der Waals surface area contributed by atoms with Crippen LogP contribution < -0.4 is 10.2 Å². The number of piperazine rings is 1. The van der Waals surface area contributed by atoms with Crippen LogP contribution in [-0.2, 0) is 17.3 Å². The normalized spacial score (nSPS) is 21.3. The summed E-state index contributed by atoms with van der Waals surface area (Å²) < 4.78 is 43.8. The second-order valence-corrected chi connectivity index (χ2v) is 8.28. The quantitative estimate of drug-likeness (QED) is 0.725. The van der Waals surface area contributed by atoms with E-state index in [1.54, 1.807) is 6.92 Å². The van der Waals surface area contributed by atoms with Crippen LogP contribution in [0.5, 0.6) is 0 Å². The number of hydrogen-bond acceptors (Lipinski definition) is 5. The van der Waals surface area contributed by atoms with E-state index in [1.165, 1.54) is 11.1 Å².